The number of esters is 3. The molecule has 412 valence electrons. The van der Waals surface area contributed by atoms with Gasteiger partial charge in [-0.3, -0.25) is 14.4 Å². The van der Waals surface area contributed by atoms with E-state index in [1.54, 1.807) is 0 Å². The van der Waals surface area contributed by atoms with E-state index in [1.165, 1.54) is 205 Å². The maximum absolute atomic E-state index is 12.9. The molecule has 0 unspecified atom stereocenters. The Morgan fingerprint density at radius 3 is 0.887 bits per heavy atom. The first kappa shape index (κ1) is 68.1. The van der Waals surface area contributed by atoms with Crippen LogP contribution in [0, 0.1) is 0 Å². The third kappa shape index (κ3) is 57.9. The first-order valence-electron chi connectivity index (χ1n) is 30.8. The highest BCUT2D eigenvalue weighted by Gasteiger charge is 2.19. The van der Waals surface area contributed by atoms with Crippen molar-refractivity contribution >= 4 is 17.9 Å². The first-order chi connectivity index (χ1) is 35.0. The average molecular weight is 994 g/mol. The van der Waals surface area contributed by atoms with E-state index in [0.29, 0.717) is 19.3 Å². The number of hydrogen-bond acceptors (Lipinski definition) is 6. The summed E-state index contributed by atoms with van der Waals surface area (Å²) in [6.07, 6.45) is 75.1. The van der Waals surface area contributed by atoms with Crippen molar-refractivity contribution in [3.8, 4) is 0 Å². The highest BCUT2D eigenvalue weighted by molar-refractivity contribution is 5.71. The third-order valence-corrected chi connectivity index (χ3v) is 13.5. The SMILES string of the molecule is CCCCC/C=C\C/C=C\C/C=C\C/C=C\CCCC(=O)OC[C@H](COC(=O)CCCCCCCCCCC/C=C\CCCCCCCC)OC(=O)CCCCCCCCCCCCCCCCCCC. The van der Waals surface area contributed by atoms with Crippen LogP contribution in [0.1, 0.15) is 316 Å². The lowest BCUT2D eigenvalue weighted by molar-refractivity contribution is -0.167. The summed E-state index contributed by atoms with van der Waals surface area (Å²) < 4.78 is 16.9. The van der Waals surface area contributed by atoms with Gasteiger partial charge in [0, 0.05) is 19.3 Å². The van der Waals surface area contributed by atoms with E-state index < -0.39 is 6.10 Å². The molecule has 71 heavy (non-hydrogen) atoms. The van der Waals surface area contributed by atoms with Crippen molar-refractivity contribution in [3.05, 3.63) is 60.8 Å². The van der Waals surface area contributed by atoms with Gasteiger partial charge in [-0.1, -0.05) is 274 Å². The fourth-order valence-corrected chi connectivity index (χ4v) is 8.84. The summed E-state index contributed by atoms with van der Waals surface area (Å²) in [5.41, 5.74) is 0. The minimum atomic E-state index is -0.795. The van der Waals surface area contributed by atoms with Gasteiger partial charge >= 0.3 is 17.9 Å². The van der Waals surface area contributed by atoms with Gasteiger partial charge in [-0.05, 0) is 83.5 Å². The topological polar surface area (TPSA) is 78.9 Å². The monoisotopic (exact) mass is 993 g/mol. The molecule has 0 rings (SSSR count). The molecule has 0 aromatic heterocycles. The molecule has 0 aromatic rings. The predicted octanol–water partition coefficient (Wildman–Crippen LogP) is 20.8. The molecule has 6 heteroatoms. The molecule has 0 radical (unpaired) electrons. The van der Waals surface area contributed by atoms with E-state index in [1.807, 2.05) is 0 Å². The number of hydrogen-bond donors (Lipinski definition) is 0. The quantitative estimate of drug-likeness (QED) is 0.0261. The Labute approximate surface area is 440 Å². The normalized spacial score (nSPS) is 12.4. The molecule has 0 amide bonds. The zero-order valence-electron chi connectivity index (χ0n) is 47.2. The van der Waals surface area contributed by atoms with Gasteiger partial charge in [-0.2, -0.15) is 0 Å². The molecule has 0 aliphatic heterocycles. The van der Waals surface area contributed by atoms with E-state index >= 15 is 0 Å². The van der Waals surface area contributed by atoms with Gasteiger partial charge in [0.2, 0.25) is 0 Å². The summed E-state index contributed by atoms with van der Waals surface area (Å²) >= 11 is 0. The van der Waals surface area contributed by atoms with Crippen LogP contribution in [0.4, 0.5) is 0 Å². The maximum Gasteiger partial charge on any atom is 0.306 e. The van der Waals surface area contributed by atoms with Crippen LogP contribution in [0.2, 0.25) is 0 Å². The highest BCUT2D eigenvalue weighted by atomic mass is 16.6. The van der Waals surface area contributed by atoms with Gasteiger partial charge in [0.25, 0.3) is 0 Å². The largest absolute Gasteiger partial charge is 0.462 e. The minimum absolute atomic E-state index is 0.0892. The Hall–Kier alpha value is -2.89. The van der Waals surface area contributed by atoms with Crippen LogP contribution in [-0.4, -0.2) is 37.2 Å². The van der Waals surface area contributed by atoms with Gasteiger partial charge in [-0.15, -0.1) is 0 Å². The van der Waals surface area contributed by atoms with Crippen molar-refractivity contribution in [1.29, 1.82) is 0 Å². The zero-order valence-corrected chi connectivity index (χ0v) is 47.2. The van der Waals surface area contributed by atoms with Crippen molar-refractivity contribution in [2.75, 3.05) is 13.2 Å². The molecular formula is C65H116O6. The Bertz CT molecular complexity index is 1280. The molecular weight excluding hydrogens is 877 g/mol. The number of ether oxygens (including phenoxy) is 3. The van der Waals surface area contributed by atoms with Gasteiger partial charge in [0.15, 0.2) is 6.10 Å². The van der Waals surface area contributed by atoms with E-state index in [4.69, 9.17) is 14.2 Å². The number of unbranched alkanes of at least 4 members (excludes halogenated alkanes) is 35. The third-order valence-electron chi connectivity index (χ3n) is 13.5. The molecule has 0 aliphatic carbocycles. The van der Waals surface area contributed by atoms with Gasteiger partial charge in [-0.25, -0.2) is 0 Å². The van der Waals surface area contributed by atoms with Crippen molar-refractivity contribution in [2.45, 2.75) is 322 Å². The van der Waals surface area contributed by atoms with E-state index in [9.17, 15) is 14.4 Å². The summed E-state index contributed by atoms with van der Waals surface area (Å²) in [5, 5.41) is 0. The van der Waals surface area contributed by atoms with Crippen molar-refractivity contribution in [2.24, 2.45) is 0 Å². The fourth-order valence-electron chi connectivity index (χ4n) is 8.84. The minimum Gasteiger partial charge on any atom is -0.462 e. The summed E-state index contributed by atoms with van der Waals surface area (Å²) in [6.45, 7) is 6.60. The van der Waals surface area contributed by atoms with Crippen molar-refractivity contribution in [3.63, 3.8) is 0 Å². The first-order valence-corrected chi connectivity index (χ1v) is 30.8. The molecule has 0 saturated carbocycles. The van der Waals surface area contributed by atoms with Gasteiger partial charge < -0.3 is 14.2 Å². The van der Waals surface area contributed by atoms with Gasteiger partial charge in [0.05, 0.1) is 0 Å². The predicted molar refractivity (Wildman–Crippen MR) is 307 cm³/mol. The van der Waals surface area contributed by atoms with Crippen LogP contribution in [0.5, 0.6) is 0 Å². The average Bonchev–Trinajstić information content (AvgIpc) is 3.37. The smallest absolute Gasteiger partial charge is 0.306 e. The van der Waals surface area contributed by atoms with E-state index in [-0.39, 0.29) is 37.5 Å². The molecule has 0 aliphatic rings. The van der Waals surface area contributed by atoms with Crippen LogP contribution in [0.3, 0.4) is 0 Å². The molecule has 6 nitrogen and oxygen atoms in total. The second kappa shape index (κ2) is 59.7. The lowest BCUT2D eigenvalue weighted by atomic mass is 10.0. The Morgan fingerprint density at radius 1 is 0.282 bits per heavy atom. The van der Waals surface area contributed by atoms with Crippen LogP contribution < -0.4 is 0 Å². The van der Waals surface area contributed by atoms with Crippen molar-refractivity contribution < 1.29 is 28.6 Å². The molecule has 0 saturated heterocycles. The Morgan fingerprint density at radius 2 is 0.521 bits per heavy atom. The molecule has 1 atom stereocenters. The summed E-state index contributed by atoms with van der Waals surface area (Å²) in [7, 11) is 0. The van der Waals surface area contributed by atoms with Crippen LogP contribution in [0.15, 0.2) is 60.8 Å². The molecule has 0 N–H and O–H groups in total. The number of carbonyl (C=O) groups excluding carboxylic acids is 3. The Kier molecular flexibility index (Phi) is 57.2. The second-order valence-corrected chi connectivity index (χ2v) is 20.6. The van der Waals surface area contributed by atoms with Crippen molar-refractivity contribution in [1.82, 2.24) is 0 Å². The molecule has 0 bridgehead atoms. The number of rotatable bonds is 56. The molecule has 0 aromatic carbocycles. The summed E-state index contributed by atoms with van der Waals surface area (Å²) in [4.78, 5) is 38.2. The van der Waals surface area contributed by atoms with E-state index in [0.717, 1.165) is 64.2 Å². The molecule has 0 spiro atoms. The standard InChI is InChI=1S/C65H116O6/c1-4-7-10-13-16-19-22-25-28-31-32-35-37-40-43-46-49-52-55-58-64(67)70-61-62(71-65(68)59-56-53-50-47-44-41-38-34-30-27-24-21-18-15-12-9-6-3)60-69-63(66)57-54-51-48-45-42-39-36-33-29-26-23-20-17-14-11-8-5-2/h17,20,25-26,28-29,36,39,45,48,62H,4-16,18-19,21-24,27,30-35,37-38,40-44,46-47,49-61H2,1-3H3/b20-17-,28-25-,29-26-,39-36-,48-45-/t62-/m1/s1. The number of carbonyl (C=O) groups is 3. The fraction of sp³-hybridized carbons (Fsp3) is 0.800. The zero-order chi connectivity index (χ0) is 51.4. The van der Waals surface area contributed by atoms with Crippen LogP contribution >= 0.6 is 0 Å². The van der Waals surface area contributed by atoms with E-state index in [2.05, 4.69) is 81.5 Å². The summed E-state index contributed by atoms with van der Waals surface area (Å²) in [6, 6.07) is 0. The second-order valence-electron chi connectivity index (χ2n) is 20.6. The van der Waals surface area contributed by atoms with Crippen LogP contribution in [0.25, 0.3) is 0 Å². The molecule has 0 heterocycles. The van der Waals surface area contributed by atoms with Crippen LogP contribution in [-0.2, 0) is 28.6 Å². The lowest BCUT2D eigenvalue weighted by Gasteiger charge is -2.18. The lowest BCUT2D eigenvalue weighted by Crippen LogP contribution is -2.30. The molecule has 0 fully saturated rings. The maximum atomic E-state index is 12.9. The Balaban J connectivity index is 4.42. The highest BCUT2D eigenvalue weighted by Crippen LogP contribution is 2.17. The number of allylic oxidation sites excluding steroid dienone is 10. The van der Waals surface area contributed by atoms with Gasteiger partial charge in [0.1, 0.15) is 13.2 Å². The summed E-state index contributed by atoms with van der Waals surface area (Å²) in [5.74, 6) is -0.933.